The van der Waals surface area contributed by atoms with E-state index in [-0.39, 0.29) is 18.2 Å². The average Bonchev–Trinajstić information content (AvgIpc) is 3.24. The van der Waals surface area contributed by atoms with Crippen LogP contribution in [0.15, 0.2) is 60.7 Å². The SMILES string of the molecule is CC(C)N1CCC(OC2COCCN2C(=O)c2cc3ccccc3n2-c2ccccc2)CC1. The third kappa shape index (κ3) is 4.56. The summed E-state index contributed by atoms with van der Waals surface area (Å²) in [5.41, 5.74) is 2.67. The van der Waals surface area contributed by atoms with E-state index in [4.69, 9.17) is 9.47 Å². The standard InChI is InChI=1S/C27H33N3O3/c1-20(2)28-14-12-23(13-15-28)33-26-19-32-17-16-29(26)27(31)25-18-21-8-6-7-11-24(21)30(25)22-9-4-3-5-10-22/h3-11,18,20,23,26H,12-17,19H2,1-2H3. The molecule has 0 bridgehead atoms. The number of ether oxygens (including phenoxy) is 2. The summed E-state index contributed by atoms with van der Waals surface area (Å²) >= 11 is 0. The smallest absolute Gasteiger partial charge is 0.273 e. The Labute approximate surface area is 195 Å². The molecule has 0 aliphatic carbocycles. The van der Waals surface area contributed by atoms with Gasteiger partial charge in [0.15, 0.2) is 6.23 Å². The molecule has 1 atom stereocenters. The number of nitrogens with zero attached hydrogens (tertiary/aromatic N) is 3. The minimum absolute atomic E-state index is 0.0111. The van der Waals surface area contributed by atoms with Gasteiger partial charge in [0.1, 0.15) is 5.69 Å². The van der Waals surface area contributed by atoms with Gasteiger partial charge in [-0.25, -0.2) is 0 Å². The highest BCUT2D eigenvalue weighted by Gasteiger charge is 2.34. The van der Waals surface area contributed by atoms with Gasteiger partial charge in [-0.05, 0) is 51.0 Å². The van der Waals surface area contributed by atoms with Crippen molar-refractivity contribution >= 4 is 16.8 Å². The number of fused-ring (bicyclic) bond motifs is 1. The van der Waals surface area contributed by atoms with Crippen LogP contribution in [0.4, 0.5) is 0 Å². The summed E-state index contributed by atoms with van der Waals surface area (Å²) in [5.74, 6) is -0.0111. The lowest BCUT2D eigenvalue weighted by Gasteiger charge is -2.40. The fourth-order valence-electron chi connectivity index (χ4n) is 4.99. The Bertz CT molecular complexity index is 1090. The number of piperidine rings is 1. The summed E-state index contributed by atoms with van der Waals surface area (Å²) in [7, 11) is 0. The lowest BCUT2D eigenvalue weighted by Crippen LogP contribution is -2.52. The van der Waals surface area contributed by atoms with Crippen molar-refractivity contribution < 1.29 is 14.3 Å². The van der Waals surface area contributed by atoms with Gasteiger partial charge < -0.3 is 23.8 Å². The zero-order valence-corrected chi connectivity index (χ0v) is 19.5. The molecule has 2 aliphatic rings. The molecule has 0 radical (unpaired) electrons. The Morgan fingerprint density at radius 2 is 1.73 bits per heavy atom. The van der Waals surface area contributed by atoms with E-state index in [2.05, 4.69) is 35.4 Å². The Kier molecular flexibility index (Phi) is 6.49. The van der Waals surface area contributed by atoms with Crippen LogP contribution in [0.3, 0.4) is 0 Å². The quantitative estimate of drug-likeness (QED) is 0.585. The zero-order chi connectivity index (χ0) is 22.8. The number of carbonyl (C=O) groups is 1. The average molecular weight is 448 g/mol. The maximum absolute atomic E-state index is 13.9. The van der Waals surface area contributed by atoms with E-state index in [0.29, 0.717) is 31.5 Å². The molecule has 174 valence electrons. The predicted molar refractivity (Wildman–Crippen MR) is 130 cm³/mol. The largest absolute Gasteiger partial charge is 0.375 e. The number of hydrogen-bond acceptors (Lipinski definition) is 4. The fourth-order valence-corrected chi connectivity index (χ4v) is 4.99. The van der Waals surface area contributed by atoms with Crippen molar-refractivity contribution in [1.29, 1.82) is 0 Å². The minimum atomic E-state index is -0.357. The van der Waals surface area contributed by atoms with Crippen molar-refractivity contribution in [2.45, 2.75) is 45.1 Å². The number of para-hydroxylation sites is 2. The van der Waals surface area contributed by atoms with E-state index in [1.54, 1.807) is 0 Å². The highest BCUT2D eigenvalue weighted by atomic mass is 16.6. The molecular weight excluding hydrogens is 414 g/mol. The topological polar surface area (TPSA) is 46.9 Å². The Morgan fingerprint density at radius 1 is 1.00 bits per heavy atom. The van der Waals surface area contributed by atoms with Gasteiger partial charge in [0.05, 0.1) is 24.8 Å². The molecule has 1 aromatic heterocycles. The van der Waals surface area contributed by atoms with Crippen LogP contribution >= 0.6 is 0 Å². The van der Waals surface area contributed by atoms with Gasteiger partial charge in [0, 0.05) is 36.7 Å². The Hall–Kier alpha value is -2.67. The molecule has 0 saturated carbocycles. The van der Waals surface area contributed by atoms with Crippen LogP contribution < -0.4 is 0 Å². The van der Waals surface area contributed by atoms with E-state index >= 15 is 0 Å². The lowest BCUT2D eigenvalue weighted by atomic mass is 10.1. The van der Waals surface area contributed by atoms with Crippen molar-refractivity contribution in [3.63, 3.8) is 0 Å². The van der Waals surface area contributed by atoms with Gasteiger partial charge in [-0.3, -0.25) is 4.79 Å². The highest BCUT2D eigenvalue weighted by molar-refractivity contribution is 6.00. The summed E-state index contributed by atoms with van der Waals surface area (Å²) < 4.78 is 14.3. The van der Waals surface area contributed by atoms with Crippen LogP contribution in [0, 0.1) is 0 Å². The first kappa shape index (κ1) is 22.1. The maximum Gasteiger partial charge on any atom is 0.273 e. The molecular formula is C27H33N3O3. The summed E-state index contributed by atoms with van der Waals surface area (Å²) in [6.45, 7) is 8.03. The molecule has 0 N–H and O–H groups in total. The van der Waals surface area contributed by atoms with E-state index in [1.807, 2.05) is 53.4 Å². The molecule has 2 aliphatic heterocycles. The molecule has 3 heterocycles. The monoisotopic (exact) mass is 447 g/mol. The van der Waals surface area contributed by atoms with Gasteiger partial charge in [-0.2, -0.15) is 0 Å². The van der Waals surface area contributed by atoms with E-state index in [9.17, 15) is 4.79 Å². The van der Waals surface area contributed by atoms with Crippen molar-refractivity contribution in [3.05, 3.63) is 66.4 Å². The van der Waals surface area contributed by atoms with Crippen molar-refractivity contribution in [3.8, 4) is 5.69 Å². The van der Waals surface area contributed by atoms with Crippen LogP contribution in [0.2, 0.25) is 0 Å². The van der Waals surface area contributed by atoms with Gasteiger partial charge >= 0.3 is 0 Å². The predicted octanol–water partition coefficient (Wildman–Crippen LogP) is 4.32. The van der Waals surface area contributed by atoms with Gasteiger partial charge in [0.25, 0.3) is 5.91 Å². The Balaban J connectivity index is 1.41. The normalized spacial score (nSPS) is 20.6. The van der Waals surface area contributed by atoms with Crippen LogP contribution in [-0.2, 0) is 9.47 Å². The second kappa shape index (κ2) is 9.67. The number of carbonyl (C=O) groups excluding carboxylic acids is 1. The second-order valence-electron chi connectivity index (χ2n) is 9.25. The number of aromatic nitrogens is 1. The summed E-state index contributed by atoms with van der Waals surface area (Å²) in [4.78, 5) is 18.3. The third-order valence-corrected chi connectivity index (χ3v) is 6.85. The Morgan fingerprint density at radius 3 is 2.48 bits per heavy atom. The zero-order valence-electron chi connectivity index (χ0n) is 19.5. The molecule has 3 aromatic rings. The first-order valence-electron chi connectivity index (χ1n) is 12.1. The van der Waals surface area contributed by atoms with Crippen molar-refractivity contribution in [2.75, 3.05) is 32.8 Å². The van der Waals surface area contributed by atoms with E-state index in [1.165, 1.54) is 0 Å². The van der Waals surface area contributed by atoms with E-state index < -0.39 is 0 Å². The molecule has 1 unspecified atom stereocenters. The highest BCUT2D eigenvalue weighted by Crippen LogP contribution is 2.27. The lowest BCUT2D eigenvalue weighted by molar-refractivity contribution is -0.157. The first-order chi connectivity index (χ1) is 16.1. The maximum atomic E-state index is 13.9. The summed E-state index contributed by atoms with van der Waals surface area (Å²) in [6.07, 6.45) is 1.77. The number of rotatable bonds is 5. The van der Waals surface area contributed by atoms with Gasteiger partial charge in [-0.1, -0.05) is 36.4 Å². The number of likely N-dealkylation sites (tertiary alicyclic amines) is 1. The van der Waals surface area contributed by atoms with Crippen LogP contribution in [0.25, 0.3) is 16.6 Å². The van der Waals surface area contributed by atoms with Gasteiger partial charge in [0.2, 0.25) is 0 Å². The van der Waals surface area contributed by atoms with Crippen LogP contribution in [0.5, 0.6) is 0 Å². The van der Waals surface area contributed by atoms with Gasteiger partial charge in [-0.15, -0.1) is 0 Å². The molecule has 0 spiro atoms. The molecule has 5 rings (SSSR count). The fraction of sp³-hybridized carbons (Fsp3) is 0.444. The van der Waals surface area contributed by atoms with Crippen molar-refractivity contribution in [2.24, 2.45) is 0 Å². The molecule has 6 heteroatoms. The van der Waals surface area contributed by atoms with E-state index in [0.717, 1.165) is 42.5 Å². The molecule has 33 heavy (non-hydrogen) atoms. The molecule has 2 aromatic carbocycles. The molecule has 1 amide bonds. The second-order valence-corrected chi connectivity index (χ2v) is 9.25. The molecule has 2 saturated heterocycles. The summed E-state index contributed by atoms with van der Waals surface area (Å²) in [6, 6.07) is 20.8. The molecule has 2 fully saturated rings. The van der Waals surface area contributed by atoms with Crippen LogP contribution in [0.1, 0.15) is 37.2 Å². The number of benzene rings is 2. The number of amides is 1. The van der Waals surface area contributed by atoms with Crippen molar-refractivity contribution in [1.82, 2.24) is 14.4 Å². The first-order valence-corrected chi connectivity index (χ1v) is 12.1. The summed E-state index contributed by atoms with van der Waals surface area (Å²) in [5, 5.41) is 1.05. The minimum Gasteiger partial charge on any atom is -0.375 e. The molecule has 6 nitrogen and oxygen atoms in total. The number of morpholine rings is 1. The number of hydrogen-bond donors (Lipinski definition) is 0. The third-order valence-electron chi connectivity index (χ3n) is 6.85. The van der Waals surface area contributed by atoms with Crippen LogP contribution in [-0.4, -0.2) is 71.5 Å².